The Morgan fingerprint density at radius 3 is 2.50 bits per heavy atom. The van der Waals surface area contributed by atoms with E-state index in [1.165, 1.54) is 25.7 Å². The van der Waals surface area contributed by atoms with E-state index in [1.54, 1.807) is 12.4 Å². The van der Waals surface area contributed by atoms with Crippen LogP contribution in [0.5, 0.6) is 0 Å². The second kappa shape index (κ2) is 11.0. The Balaban J connectivity index is 1.52. The lowest BCUT2D eigenvalue weighted by molar-refractivity contribution is -0.121. The van der Waals surface area contributed by atoms with E-state index < -0.39 is 0 Å². The van der Waals surface area contributed by atoms with Crippen molar-refractivity contribution in [2.45, 2.75) is 45.4 Å². The van der Waals surface area contributed by atoms with Gasteiger partial charge in [0, 0.05) is 58.1 Å². The molecule has 1 aromatic rings. The summed E-state index contributed by atoms with van der Waals surface area (Å²) in [7, 11) is 0. The molecule has 1 amide bonds. The fourth-order valence-electron chi connectivity index (χ4n) is 2.96. The largest absolute Gasteiger partial charge is 0.355 e. The van der Waals surface area contributed by atoms with Gasteiger partial charge in [-0.3, -0.25) is 9.69 Å². The van der Waals surface area contributed by atoms with Crippen LogP contribution in [0.15, 0.2) is 18.5 Å². The first kappa shape index (κ1) is 18.6. The minimum absolute atomic E-state index is 0.197. The summed E-state index contributed by atoms with van der Waals surface area (Å²) in [6.45, 7) is 7.74. The van der Waals surface area contributed by atoms with E-state index in [2.05, 4.69) is 32.0 Å². The molecule has 1 fully saturated rings. The zero-order chi connectivity index (χ0) is 17.0. The summed E-state index contributed by atoms with van der Waals surface area (Å²) < 4.78 is 0. The van der Waals surface area contributed by atoms with Gasteiger partial charge in [0.15, 0.2) is 0 Å². The van der Waals surface area contributed by atoms with Gasteiger partial charge in [-0.15, -0.1) is 0 Å². The lowest BCUT2D eigenvalue weighted by Gasteiger charge is -2.34. The maximum atomic E-state index is 11.8. The third-order valence-electron chi connectivity index (χ3n) is 4.46. The van der Waals surface area contributed by atoms with Crippen LogP contribution in [0.1, 0.15) is 45.4 Å². The average molecular weight is 333 g/mol. The number of rotatable bonds is 10. The maximum absolute atomic E-state index is 11.8. The molecule has 1 aromatic heterocycles. The zero-order valence-electron chi connectivity index (χ0n) is 14.9. The molecule has 2 rings (SSSR count). The van der Waals surface area contributed by atoms with Gasteiger partial charge in [-0.05, 0) is 12.5 Å². The summed E-state index contributed by atoms with van der Waals surface area (Å²) in [5, 5.41) is 3.04. The predicted molar refractivity (Wildman–Crippen MR) is 97.1 cm³/mol. The van der Waals surface area contributed by atoms with Gasteiger partial charge in [-0.2, -0.15) is 0 Å². The molecule has 0 atom stereocenters. The monoisotopic (exact) mass is 333 g/mol. The van der Waals surface area contributed by atoms with Crippen molar-refractivity contribution in [2.75, 3.05) is 44.2 Å². The number of piperazine rings is 1. The first-order valence-corrected chi connectivity index (χ1v) is 9.30. The molecule has 1 N–H and O–H groups in total. The Morgan fingerprint density at radius 2 is 1.79 bits per heavy atom. The molecule has 1 aliphatic rings. The number of hydrogen-bond donors (Lipinski definition) is 1. The van der Waals surface area contributed by atoms with Gasteiger partial charge in [-0.1, -0.05) is 32.6 Å². The number of aromatic nitrogens is 2. The molecule has 0 unspecified atom stereocenters. The maximum Gasteiger partial charge on any atom is 0.225 e. The van der Waals surface area contributed by atoms with E-state index in [9.17, 15) is 4.79 Å². The molecule has 0 aromatic carbocycles. The second-order valence-corrected chi connectivity index (χ2v) is 6.39. The molecule has 0 bridgehead atoms. The third kappa shape index (κ3) is 6.83. The zero-order valence-corrected chi connectivity index (χ0v) is 14.9. The van der Waals surface area contributed by atoms with Crippen molar-refractivity contribution in [3.05, 3.63) is 18.5 Å². The third-order valence-corrected chi connectivity index (χ3v) is 4.46. The van der Waals surface area contributed by atoms with Crippen LogP contribution >= 0.6 is 0 Å². The van der Waals surface area contributed by atoms with Crippen LogP contribution in [0.2, 0.25) is 0 Å². The number of nitrogens with one attached hydrogen (secondary N) is 1. The molecule has 2 heterocycles. The van der Waals surface area contributed by atoms with Crippen molar-refractivity contribution in [2.24, 2.45) is 0 Å². The molecule has 6 nitrogen and oxygen atoms in total. The highest BCUT2D eigenvalue weighted by Crippen LogP contribution is 2.09. The Hall–Kier alpha value is -1.69. The number of carbonyl (C=O) groups is 1. The fraction of sp³-hybridized carbons (Fsp3) is 0.722. The molecular weight excluding hydrogens is 302 g/mol. The molecule has 1 saturated heterocycles. The summed E-state index contributed by atoms with van der Waals surface area (Å²) >= 11 is 0. The highest BCUT2D eigenvalue weighted by atomic mass is 16.1. The number of hydrogen-bond acceptors (Lipinski definition) is 5. The predicted octanol–water partition coefficient (Wildman–Crippen LogP) is 2.08. The van der Waals surface area contributed by atoms with Gasteiger partial charge in [0.05, 0.1) is 0 Å². The Kier molecular flexibility index (Phi) is 8.52. The van der Waals surface area contributed by atoms with Crippen molar-refractivity contribution in [1.82, 2.24) is 20.2 Å². The van der Waals surface area contributed by atoms with Gasteiger partial charge in [0.25, 0.3) is 0 Å². The number of nitrogens with zero attached hydrogens (tertiary/aromatic N) is 4. The molecule has 0 saturated carbocycles. The van der Waals surface area contributed by atoms with E-state index in [0.29, 0.717) is 6.42 Å². The van der Waals surface area contributed by atoms with Gasteiger partial charge in [-0.25, -0.2) is 9.97 Å². The number of amides is 1. The molecule has 6 heteroatoms. The average Bonchev–Trinajstić information content (AvgIpc) is 2.63. The van der Waals surface area contributed by atoms with Gasteiger partial charge >= 0.3 is 0 Å². The van der Waals surface area contributed by atoms with Crippen LogP contribution in [0.4, 0.5) is 5.95 Å². The van der Waals surface area contributed by atoms with Crippen molar-refractivity contribution >= 4 is 11.9 Å². The first-order chi connectivity index (χ1) is 11.8. The van der Waals surface area contributed by atoms with Gasteiger partial charge in [0.1, 0.15) is 0 Å². The minimum Gasteiger partial charge on any atom is -0.355 e. The molecule has 24 heavy (non-hydrogen) atoms. The molecule has 0 radical (unpaired) electrons. The normalized spacial score (nSPS) is 15.5. The van der Waals surface area contributed by atoms with Gasteiger partial charge in [0.2, 0.25) is 11.9 Å². The highest BCUT2D eigenvalue weighted by molar-refractivity contribution is 5.75. The van der Waals surface area contributed by atoms with Crippen molar-refractivity contribution in [1.29, 1.82) is 0 Å². The van der Waals surface area contributed by atoms with Crippen LogP contribution < -0.4 is 10.2 Å². The summed E-state index contributed by atoms with van der Waals surface area (Å²) in [6, 6.07) is 1.84. The van der Waals surface area contributed by atoms with E-state index >= 15 is 0 Å². The molecule has 134 valence electrons. The van der Waals surface area contributed by atoms with E-state index in [0.717, 1.165) is 51.6 Å². The number of unbranched alkanes of at least 4 members (excludes halogenated alkanes) is 4. The quantitative estimate of drug-likeness (QED) is 0.664. The van der Waals surface area contributed by atoms with Crippen molar-refractivity contribution in [3.63, 3.8) is 0 Å². The van der Waals surface area contributed by atoms with Crippen LogP contribution in [0.3, 0.4) is 0 Å². The summed E-state index contributed by atoms with van der Waals surface area (Å²) in [5.41, 5.74) is 0. The smallest absolute Gasteiger partial charge is 0.225 e. The highest BCUT2D eigenvalue weighted by Gasteiger charge is 2.18. The summed E-state index contributed by atoms with van der Waals surface area (Å²) in [6.07, 6.45) is 10.2. The number of anilines is 1. The van der Waals surface area contributed by atoms with E-state index in [1.807, 2.05) is 6.07 Å². The molecular formula is C18H31N5O. The lowest BCUT2D eigenvalue weighted by Crippen LogP contribution is -2.49. The minimum atomic E-state index is 0.197. The Bertz CT molecular complexity index is 460. The Labute approximate surface area is 145 Å². The van der Waals surface area contributed by atoms with E-state index in [-0.39, 0.29) is 5.91 Å². The van der Waals surface area contributed by atoms with Crippen molar-refractivity contribution < 1.29 is 4.79 Å². The standard InChI is InChI=1S/C18H31N5O/c1-2-3-4-5-6-8-17(24)19-11-12-22-13-15-23(16-14-22)18-20-9-7-10-21-18/h7,9-10H,2-6,8,11-16H2,1H3,(H,19,24). The molecule has 1 aliphatic heterocycles. The SMILES string of the molecule is CCCCCCCC(=O)NCCN1CCN(c2ncccn2)CC1. The second-order valence-electron chi connectivity index (χ2n) is 6.39. The van der Waals surface area contributed by atoms with E-state index in [4.69, 9.17) is 0 Å². The van der Waals surface area contributed by atoms with Crippen LogP contribution in [0.25, 0.3) is 0 Å². The van der Waals surface area contributed by atoms with Crippen LogP contribution in [0, 0.1) is 0 Å². The topological polar surface area (TPSA) is 61.4 Å². The summed E-state index contributed by atoms with van der Waals surface area (Å²) in [5.74, 6) is 1.01. The Morgan fingerprint density at radius 1 is 1.08 bits per heavy atom. The van der Waals surface area contributed by atoms with Crippen LogP contribution in [-0.2, 0) is 4.79 Å². The van der Waals surface area contributed by atoms with Crippen molar-refractivity contribution in [3.8, 4) is 0 Å². The number of carbonyl (C=O) groups excluding carboxylic acids is 1. The van der Waals surface area contributed by atoms with Crippen LogP contribution in [-0.4, -0.2) is 60.0 Å². The first-order valence-electron chi connectivity index (χ1n) is 9.30. The van der Waals surface area contributed by atoms with Gasteiger partial charge < -0.3 is 10.2 Å². The molecule has 0 aliphatic carbocycles. The lowest BCUT2D eigenvalue weighted by atomic mass is 10.1. The summed E-state index contributed by atoms with van der Waals surface area (Å²) in [4.78, 5) is 25.0. The molecule has 0 spiro atoms. The fourth-order valence-corrected chi connectivity index (χ4v) is 2.96.